The molecule has 0 rings (SSSR count). The zero-order chi connectivity index (χ0) is 10.6. The maximum atomic E-state index is 3.89. The van der Waals surface area contributed by atoms with Crippen LogP contribution in [-0.2, 0) is 0 Å². The van der Waals surface area contributed by atoms with Crippen molar-refractivity contribution in [3.8, 4) is 0 Å². The van der Waals surface area contributed by atoms with Crippen LogP contribution in [0.3, 0.4) is 0 Å². The summed E-state index contributed by atoms with van der Waals surface area (Å²) in [6, 6.07) is 0. The van der Waals surface area contributed by atoms with Crippen LogP contribution in [0.4, 0.5) is 0 Å². The van der Waals surface area contributed by atoms with Gasteiger partial charge in [0.25, 0.3) is 0 Å². The van der Waals surface area contributed by atoms with Crippen molar-refractivity contribution in [3.63, 3.8) is 0 Å². The molecule has 0 aliphatic carbocycles. The van der Waals surface area contributed by atoms with Gasteiger partial charge in [0.2, 0.25) is 0 Å². The van der Waals surface area contributed by atoms with Gasteiger partial charge in [0.1, 0.15) is 0 Å². The molecule has 74 valence electrons. The van der Waals surface area contributed by atoms with Gasteiger partial charge in [0.05, 0.1) is 0 Å². The van der Waals surface area contributed by atoms with Crippen LogP contribution < -0.4 is 0 Å². The first kappa shape index (κ1) is 12.5. The molecule has 0 aliphatic heterocycles. The van der Waals surface area contributed by atoms with Crippen molar-refractivity contribution < 1.29 is 0 Å². The molecule has 0 fully saturated rings. The van der Waals surface area contributed by atoms with E-state index in [4.69, 9.17) is 0 Å². The van der Waals surface area contributed by atoms with Gasteiger partial charge in [0.15, 0.2) is 6.71 Å². The zero-order valence-electron chi connectivity index (χ0n) is 10.0. The minimum atomic E-state index is 0.596. The van der Waals surface area contributed by atoms with Gasteiger partial charge in [-0.2, -0.15) is 0 Å². The summed E-state index contributed by atoms with van der Waals surface area (Å²) in [6.45, 7) is 18.1. The van der Waals surface area contributed by atoms with E-state index in [2.05, 4.69) is 48.0 Å². The van der Waals surface area contributed by atoms with E-state index in [0.29, 0.717) is 18.4 Å². The summed E-state index contributed by atoms with van der Waals surface area (Å²) in [5.41, 5.74) is 2.92. The first-order valence-electron chi connectivity index (χ1n) is 5.24. The van der Waals surface area contributed by atoms with Crippen LogP contribution in [0.5, 0.6) is 0 Å². The normalized spacial score (nSPS) is 13.2. The first-order chi connectivity index (χ1) is 5.91. The molecule has 0 nitrogen and oxygen atoms in total. The second kappa shape index (κ2) is 5.31. The van der Waals surface area contributed by atoms with Crippen molar-refractivity contribution in [2.24, 2.45) is 5.92 Å². The molecular weight excluding hydrogens is 155 g/mol. The van der Waals surface area contributed by atoms with Crippen molar-refractivity contribution in [2.45, 2.75) is 47.3 Å². The first-order valence-corrected chi connectivity index (χ1v) is 5.24. The Kier molecular flexibility index (Phi) is 5.13. The smallest absolute Gasteiger partial charge is 0.101 e. The molecule has 0 unspecified atom stereocenters. The Labute approximate surface area is 84.2 Å². The number of hydrogen-bond acceptors (Lipinski definition) is 0. The fourth-order valence-electron chi connectivity index (χ4n) is 1.61. The van der Waals surface area contributed by atoms with Gasteiger partial charge in [0, 0.05) is 0 Å². The van der Waals surface area contributed by atoms with Gasteiger partial charge >= 0.3 is 0 Å². The quantitative estimate of drug-likeness (QED) is 0.446. The van der Waals surface area contributed by atoms with Gasteiger partial charge < -0.3 is 0 Å². The van der Waals surface area contributed by atoms with Crippen molar-refractivity contribution in [1.82, 2.24) is 0 Å². The lowest BCUT2D eigenvalue weighted by molar-refractivity contribution is 0.785. The van der Waals surface area contributed by atoms with Crippen LogP contribution in [0.2, 0.25) is 12.6 Å². The van der Waals surface area contributed by atoms with Gasteiger partial charge in [-0.3, -0.25) is 0 Å². The minimum Gasteiger partial charge on any atom is -0.101 e. The standard InChI is InChI=1S/C12H23B/c1-8-12(9(2)3)11(6)13(7)10(4)5/h8-10H,1H2,2-7H3/b12-11+. The van der Waals surface area contributed by atoms with Gasteiger partial charge in [-0.25, -0.2) is 0 Å². The zero-order valence-corrected chi connectivity index (χ0v) is 10.0. The summed E-state index contributed by atoms with van der Waals surface area (Å²) in [7, 11) is 0. The Balaban J connectivity index is 4.84. The predicted octanol–water partition coefficient (Wildman–Crippen LogP) is 4.22. The molecule has 0 aromatic carbocycles. The molecule has 0 aromatic rings. The van der Waals surface area contributed by atoms with E-state index in [9.17, 15) is 0 Å². The number of rotatable bonds is 4. The monoisotopic (exact) mass is 178 g/mol. The van der Waals surface area contributed by atoms with Gasteiger partial charge in [-0.15, -0.1) is 5.47 Å². The second-order valence-corrected chi connectivity index (χ2v) is 4.53. The summed E-state index contributed by atoms with van der Waals surface area (Å²) < 4.78 is 0. The van der Waals surface area contributed by atoms with Crippen LogP contribution in [0.15, 0.2) is 23.7 Å². The van der Waals surface area contributed by atoms with E-state index in [1.54, 1.807) is 0 Å². The van der Waals surface area contributed by atoms with Gasteiger partial charge in [-0.1, -0.05) is 65.5 Å². The predicted molar refractivity (Wildman–Crippen MR) is 64.5 cm³/mol. The minimum absolute atomic E-state index is 0.596. The molecule has 1 heteroatoms. The van der Waals surface area contributed by atoms with E-state index >= 15 is 0 Å². The fraction of sp³-hybridized carbons (Fsp3) is 0.667. The molecule has 0 atom stereocenters. The van der Waals surface area contributed by atoms with Crippen molar-refractivity contribution in [3.05, 3.63) is 23.7 Å². The molecule has 0 spiro atoms. The summed E-state index contributed by atoms with van der Waals surface area (Å²) >= 11 is 0. The van der Waals surface area contributed by atoms with Crippen molar-refractivity contribution >= 4 is 6.71 Å². The number of hydrogen-bond donors (Lipinski definition) is 0. The summed E-state index contributed by atoms with van der Waals surface area (Å²) in [4.78, 5) is 0. The average Bonchev–Trinajstić information content (AvgIpc) is 2.03. The van der Waals surface area contributed by atoms with Crippen LogP contribution in [0, 0.1) is 5.92 Å². The van der Waals surface area contributed by atoms with E-state index in [-0.39, 0.29) is 0 Å². The van der Waals surface area contributed by atoms with Crippen molar-refractivity contribution in [2.75, 3.05) is 0 Å². The Morgan fingerprint density at radius 1 is 1.23 bits per heavy atom. The average molecular weight is 178 g/mol. The highest BCUT2D eigenvalue weighted by Gasteiger charge is 2.16. The molecule has 0 aliphatic rings. The molecule has 0 heterocycles. The van der Waals surface area contributed by atoms with E-state index < -0.39 is 0 Å². The maximum Gasteiger partial charge on any atom is 0.170 e. The van der Waals surface area contributed by atoms with E-state index in [1.807, 2.05) is 6.08 Å². The topological polar surface area (TPSA) is 0 Å². The Morgan fingerprint density at radius 3 is 1.92 bits per heavy atom. The fourth-order valence-corrected chi connectivity index (χ4v) is 1.61. The Bertz CT molecular complexity index is 199. The highest BCUT2D eigenvalue weighted by atomic mass is 14.0. The summed E-state index contributed by atoms with van der Waals surface area (Å²) in [6.07, 6.45) is 2.01. The second-order valence-electron chi connectivity index (χ2n) is 4.53. The summed E-state index contributed by atoms with van der Waals surface area (Å²) in [5, 5.41) is 0. The molecule has 0 N–H and O–H groups in total. The van der Waals surface area contributed by atoms with Gasteiger partial charge in [-0.05, 0) is 5.92 Å². The Hall–Kier alpha value is -0.455. The molecule has 13 heavy (non-hydrogen) atoms. The molecule has 0 saturated carbocycles. The van der Waals surface area contributed by atoms with Crippen LogP contribution in [0.1, 0.15) is 34.6 Å². The molecular formula is C12H23B. The highest BCUT2D eigenvalue weighted by molar-refractivity contribution is 6.66. The molecule has 0 bridgehead atoms. The third-order valence-electron chi connectivity index (χ3n) is 2.98. The molecule has 0 amide bonds. The molecule has 0 aromatic heterocycles. The lowest BCUT2D eigenvalue weighted by Crippen LogP contribution is -2.16. The Morgan fingerprint density at radius 2 is 1.69 bits per heavy atom. The van der Waals surface area contributed by atoms with Crippen molar-refractivity contribution in [1.29, 1.82) is 0 Å². The molecule has 0 radical (unpaired) electrons. The SMILES string of the molecule is C=C/C(=C(/C)B(C)C(C)C)C(C)C. The third kappa shape index (κ3) is 3.42. The summed E-state index contributed by atoms with van der Waals surface area (Å²) in [5.74, 6) is 1.31. The lowest BCUT2D eigenvalue weighted by atomic mass is 9.38. The van der Waals surface area contributed by atoms with E-state index in [1.165, 1.54) is 11.0 Å². The maximum absolute atomic E-state index is 3.89. The van der Waals surface area contributed by atoms with E-state index in [0.717, 1.165) is 0 Å². The largest absolute Gasteiger partial charge is 0.170 e. The highest BCUT2D eigenvalue weighted by Crippen LogP contribution is 2.23. The molecule has 0 saturated heterocycles. The third-order valence-corrected chi connectivity index (χ3v) is 2.98. The van der Waals surface area contributed by atoms with Crippen LogP contribution in [0.25, 0.3) is 0 Å². The number of allylic oxidation sites excluding steroid dienone is 3. The lowest BCUT2D eigenvalue weighted by Gasteiger charge is -2.18. The van der Waals surface area contributed by atoms with Crippen LogP contribution in [-0.4, -0.2) is 6.71 Å². The van der Waals surface area contributed by atoms with Crippen LogP contribution >= 0.6 is 0 Å².